The lowest BCUT2D eigenvalue weighted by Gasteiger charge is -2.14. The summed E-state index contributed by atoms with van der Waals surface area (Å²) in [6, 6.07) is 8.79. The Morgan fingerprint density at radius 2 is 1.79 bits per heavy atom. The fourth-order valence-corrected chi connectivity index (χ4v) is 2.29. The van der Waals surface area contributed by atoms with Crippen molar-refractivity contribution in [1.82, 2.24) is 0 Å². The van der Waals surface area contributed by atoms with Gasteiger partial charge in [-0.05, 0) is 65.9 Å². The van der Waals surface area contributed by atoms with E-state index in [-0.39, 0.29) is 5.82 Å². The second-order valence-corrected chi connectivity index (χ2v) is 4.64. The molecule has 0 spiro atoms. The van der Waals surface area contributed by atoms with Crippen LogP contribution in [-0.2, 0) is 6.54 Å². The molecule has 2 aromatic carbocycles. The minimum Gasteiger partial charge on any atom is -0.496 e. The Labute approximate surface area is 113 Å². The van der Waals surface area contributed by atoms with Crippen LogP contribution in [-0.4, -0.2) is 7.11 Å². The summed E-state index contributed by atoms with van der Waals surface area (Å²) in [7, 11) is 1.66. The van der Waals surface area contributed by atoms with Crippen molar-refractivity contribution in [2.45, 2.75) is 20.4 Å². The lowest BCUT2D eigenvalue weighted by molar-refractivity contribution is 0.411. The fraction of sp³-hybridized carbons (Fsp3) is 0.250. The maximum absolute atomic E-state index is 13.3. The summed E-state index contributed by atoms with van der Waals surface area (Å²) in [4.78, 5) is 0. The number of methoxy groups -OCH3 is 1. The number of nitrogens with two attached hydrogens (primary N) is 1. The summed E-state index contributed by atoms with van der Waals surface area (Å²) >= 11 is 0. The van der Waals surface area contributed by atoms with E-state index in [2.05, 4.69) is 6.07 Å². The summed E-state index contributed by atoms with van der Waals surface area (Å²) in [5.74, 6) is 0.602. The molecule has 0 saturated heterocycles. The third kappa shape index (κ3) is 2.61. The number of aryl methyl sites for hydroxylation is 2. The Balaban J connectivity index is 2.62. The average molecular weight is 259 g/mol. The van der Waals surface area contributed by atoms with E-state index in [4.69, 9.17) is 10.5 Å². The number of ether oxygens (including phenoxy) is 1. The van der Waals surface area contributed by atoms with Gasteiger partial charge in [-0.3, -0.25) is 0 Å². The fourth-order valence-electron chi connectivity index (χ4n) is 2.29. The molecule has 2 aromatic rings. The maximum Gasteiger partial charge on any atom is 0.123 e. The third-order valence-electron chi connectivity index (χ3n) is 3.32. The van der Waals surface area contributed by atoms with Crippen LogP contribution in [0.5, 0.6) is 5.75 Å². The van der Waals surface area contributed by atoms with Gasteiger partial charge in [0.05, 0.1) is 7.11 Å². The van der Waals surface area contributed by atoms with Crippen molar-refractivity contribution in [3.05, 3.63) is 52.8 Å². The van der Waals surface area contributed by atoms with Crippen molar-refractivity contribution < 1.29 is 9.13 Å². The highest BCUT2D eigenvalue weighted by Crippen LogP contribution is 2.32. The number of hydrogen-bond acceptors (Lipinski definition) is 2. The maximum atomic E-state index is 13.3. The average Bonchev–Trinajstić information content (AvgIpc) is 2.41. The zero-order valence-corrected chi connectivity index (χ0v) is 11.5. The Morgan fingerprint density at radius 3 is 2.42 bits per heavy atom. The molecule has 19 heavy (non-hydrogen) atoms. The minimum atomic E-state index is -0.257. The summed E-state index contributed by atoms with van der Waals surface area (Å²) in [6.07, 6.45) is 0. The molecule has 0 fully saturated rings. The molecule has 0 aliphatic heterocycles. The first-order chi connectivity index (χ1) is 9.06. The summed E-state index contributed by atoms with van der Waals surface area (Å²) in [6.45, 7) is 4.33. The van der Waals surface area contributed by atoms with Gasteiger partial charge >= 0.3 is 0 Å². The van der Waals surface area contributed by atoms with Gasteiger partial charge in [-0.15, -0.1) is 0 Å². The molecule has 3 heteroatoms. The summed E-state index contributed by atoms with van der Waals surface area (Å²) in [5.41, 5.74) is 10.7. The highest BCUT2D eigenvalue weighted by atomic mass is 19.1. The molecule has 0 unspecified atom stereocenters. The largest absolute Gasteiger partial charge is 0.496 e. The first kappa shape index (κ1) is 13.6. The van der Waals surface area contributed by atoms with E-state index in [9.17, 15) is 4.39 Å². The van der Waals surface area contributed by atoms with E-state index >= 15 is 0 Å². The molecule has 0 aliphatic carbocycles. The van der Waals surface area contributed by atoms with Crippen molar-refractivity contribution in [1.29, 1.82) is 0 Å². The number of rotatable bonds is 3. The second-order valence-electron chi connectivity index (χ2n) is 4.64. The zero-order chi connectivity index (χ0) is 14.0. The van der Waals surface area contributed by atoms with E-state index < -0.39 is 0 Å². The zero-order valence-electron chi connectivity index (χ0n) is 11.5. The molecule has 2 rings (SSSR count). The van der Waals surface area contributed by atoms with Crippen molar-refractivity contribution in [2.24, 2.45) is 5.73 Å². The normalized spacial score (nSPS) is 10.6. The molecular formula is C16H18FNO. The van der Waals surface area contributed by atoms with Crippen LogP contribution in [0.3, 0.4) is 0 Å². The van der Waals surface area contributed by atoms with Crippen LogP contribution in [0.4, 0.5) is 4.39 Å². The highest BCUT2D eigenvalue weighted by molar-refractivity contribution is 5.72. The lowest BCUT2D eigenvalue weighted by atomic mass is 9.94. The van der Waals surface area contributed by atoms with Crippen LogP contribution in [0.25, 0.3) is 11.1 Å². The molecule has 2 nitrogen and oxygen atoms in total. The topological polar surface area (TPSA) is 35.2 Å². The molecule has 0 aromatic heterocycles. The van der Waals surface area contributed by atoms with Crippen LogP contribution < -0.4 is 10.5 Å². The smallest absolute Gasteiger partial charge is 0.123 e. The first-order valence-electron chi connectivity index (χ1n) is 6.21. The predicted molar refractivity (Wildman–Crippen MR) is 75.8 cm³/mol. The first-order valence-corrected chi connectivity index (χ1v) is 6.21. The van der Waals surface area contributed by atoms with Crippen LogP contribution in [0.1, 0.15) is 16.7 Å². The van der Waals surface area contributed by atoms with Crippen molar-refractivity contribution in [3.8, 4) is 16.9 Å². The SMILES string of the molecule is COc1cc(C)c(-c2ccc(F)cc2CN)cc1C. The lowest BCUT2D eigenvalue weighted by Crippen LogP contribution is -2.01. The minimum absolute atomic E-state index is 0.257. The van der Waals surface area contributed by atoms with E-state index in [0.29, 0.717) is 6.54 Å². The van der Waals surface area contributed by atoms with E-state index in [0.717, 1.165) is 33.6 Å². The van der Waals surface area contributed by atoms with E-state index in [1.54, 1.807) is 13.2 Å². The van der Waals surface area contributed by atoms with Crippen molar-refractivity contribution in [3.63, 3.8) is 0 Å². The Morgan fingerprint density at radius 1 is 1.05 bits per heavy atom. The van der Waals surface area contributed by atoms with E-state index in [1.807, 2.05) is 19.9 Å². The van der Waals surface area contributed by atoms with Gasteiger partial charge in [-0.1, -0.05) is 6.07 Å². The molecule has 0 atom stereocenters. The number of hydrogen-bond donors (Lipinski definition) is 1. The van der Waals surface area contributed by atoms with Gasteiger partial charge in [0, 0.05) is 6.54 Å². The van der Waals surface area contributed by atoms with Gasteiger partial charge in [-0.2, -0.15) is 0 Å². The Bertz CT molecular complexity index is 608. The van der Waals surface area contributed by atoms with Crippen molar-refractivity contribution in [2.75, 3.05) is 7.11 Å². The standard InChI is InChI=1S/C16H18FNO/c1-10-7-16(19-3)11(2)6-15(10)14-5-4-13(17)8-12(14)9-18/h4-8H,9,18H2,1-3H3. The van der Waals surface area contributed by atoms with Crippen LogP contribution in [0.15, 0.2) is 30.3 Å². The van der Waals surface area contributed by atoms with Gasteiger partial charge in [-0.25, -0.2) is 4.39 Å². The molecule has 100 valence electrons. The highest BCUT2D eigenvalue weighted by Gasteiger charge is 2.10. The Hall–Kier alpha value is -1.87. The molecule has 0 saturated carbocycles. The Kier molecular flexibility index (Phi) is 3.86. The van der Waals surface area contributed by atoms with Gasteiger partial charge < -0.3 is 10.5 Å². The third-order valence-corrected chi connectivity index (χ3v) is 3.32. The van der Waals surface area contributed by atoms with Gasteiger partial charge in [0.2, 0.25) is 0 Å². The molecule has 0 heterocycles. The van der Waals surface area contributed by atoms with Crippen LogP contribution >= 0.6 is 0 Å². The summed E-state index contributed by atoms with van der Waals surface area (Å²) < 4.78 is 18.6. The van der Waals surface area contributed by atoms with Crippen molar-refractivity contribution >= 4 is 0 Å². The van der Waals surface area contributed by atoms with E-state index in [1.165, 1.54) is 12.1 Å². The summed E-state index contributed by atoms with van der Waals surface area (Å²) in [5, 5.41) is 0. The molecule has 0 radical (unpaired) electrons. The number of benzene rings is 2. The van der Waals surface area contributed by atoms with Gasteiger partial charge in [0.25, 0.3) is 0 Å². The van der Waals surface area contributed by atoms with Gasteiger partial charge in [0.15, 0.2) is 0 Å². The predicted octanol–water partition coefficient (Wildman–Crippen LogP) is 3.58. The molecule has 0 aliphatic rings. The van der Waals surface area contributed by atoms with Crippen LogP contribution in [0.2, 0.25) is 0 Å². The quantitative estimate of drug-likeness (QED) is 0.914. The molecule has 2 N–H and O–H groups in total. The monoisotopic (exact) mass is 259 g/mol. The number of halogens is 1. The van der Waals surface area contributed by atoms with Gasteiger partial charge in [0.1, 0.15) is 11.6 Å². The molecule has 0 bridgehead atoms. The molecule has 0 amide bonds. The second kappa shape index (κ2) is 5.41. The van der Waals surface area contributed by atoms with Crippen LogP contribution in [0, 0.1) is 19.7 Å². The molecular weight excluding hydrogens is 241 g/mol.